The van der Waals surface area contributed by atoms with Gasteiger partial charge < -0.3 is 4.40 Å². The van der Waals surface area contributed by atoms with Crippen molar-refractivity contribution in [1.29, 1.82) is 0 Å². The van der Waals surface area contributed by atoms with E-state index >= 15 is 0 Å². The van der Waals surface area contributed by atoms with E-state index in [1.807, 2.05) is 12.1 Å². The van der Waals surface area contributed by atoms with Crippen LogP contribution >= 0.6 is 0 Å². The summed E-state index contributed by atoms with van der Waals surface area (Å²) in [6.07, 6.45) is 0. The van der Waals surface area contributed by atoms with Crippen LogP contribution < -0.4 is 0 Å². The Labute approximate surface area is 145 Å². The molecule has 2 heterocycles. The molecule has 0 aliphatic heterocycles. The molecule has 0 aliphatic carbocycles. The molecule has 0 N–H and O–H groups in total. The lowest BCUT2D eigenvalue weighted by molar-refractivity contribution is 0.629. The van der Waals surface area contributed by atoms with E-state index in [2.05, 4.69) is 65.9 Å². The van der Waals surface area contributed by atoms with Gasteiger partial charge in [0, 0.05) is 10.8 Å². The van der Waals surface area contributed by atoms with E-state index < -0.39 is 0 Å². The Morgan fingerprint density at radius 3 is 2.36 bits per heavy atom. The molecule has 0 spiro atoms. The number of aryl methyl sites for hydroxylation is 1. The van der Waals surface area contributed by atoms with Crippen LogP contribution in [0.15, 0.2) is 78.9 Å². The highest BCUT2D eigenvalue weighted by atomic mass is 19.1. The fourth-order valence-electron chi connectivity index (χ4n) is 3.86. The number of benzene rings is 3. The first-order chi connectivity index (χ1) is 12.2. The molecule has 0 aliphatic rings. The van der Waals surface area contributed by atoms with Gasteiger partial charge in [0.25, 0.3) is 0 Å². The van der Waals surface area contributed by atoms with Crippen LogP contribution in [0.25, 0.3) is 38.4 Å². The topological polar surface area (TPSA) is 4.41 Å². The molecule has 2 aromatic heterocycles. The summed E-state index contributed by atoms with van der Waals surface area (Å²) in [5, 5.41) is 3.35. The van der Waals surface area contributed by atoms with Gasteiger partial charge >= 0.3 is 0 Å². The van der Waals surface area contributed by atoms with Gasteiger partial charge in [0.2, 0.25) is 0 Å². The molecule has 25 heavy (non-hydrogen) atoms. The minimum atomic E-state index is -0.197. The van der Waals surface area contributed by atoms with Crippen molar-refractivity contribution in [1.82, 2.24) is 4.40 Å². The predicted octanol–water partition coefficient (Wildman–Crippen LogP) is 6.36. The van der Waals surface area contributed by atoms with Gasteiger partial charge in [-0.15, -0.1) is 0 Å². The first-order valence-corrected chi connectivity index (χ1v) is 8.41. The van der Waals surface area contributed by atoms with E-state index in [4.69, 9.17) is 0 Å². The minimum Gasteiger partial charge on any atom is -0.308 e. The third kappa shape index (κ3) is 2.01. The maximum atomic E-state index is 13.9. The Hall–Kier alpha value is -3.13. The summed E-state index contributed by atoms with van der Waals surface area (Å²) in [5.74, 6) is -0.197. The molecular formula is C23H16FN. The lowest BCUT2D eigenvalue weighted by Crippen LogP contribution is -1.93. The predicted molar refractivity (Wildman–Crippen MR) is 103 cm³/mol. The van der Waals surface area contributed by atoms with Gasteiger partial charge in [0.1, 0.15) is 5.82 Å². The molecule has 0 bridgehead atoms. The third-order valence-corrected chi connectivity index (χ3v) is 5.00. The van der Waals surface area contributed by atoms with E-state index in [0.717, 1.165) is 33.2 Å². The lowest BCUT2D eigenvalue weighted by atomic mass is 10.0. The molecule has 0 amide bonds. The minimum absolute atomic E-state index is 0.197. The van der Waals surface area contributed by atoms with Gasteiger partial charge in [0.15, 0.2) is 0 Å². The average molecular weight is 325 g/mol. The molecule has 5 rings (SSSR count). The number of halogens is 1. The second-order valence-electron chi connectivity index (χ2n) is 6.45. The van der Waals surface area contributed by atoms with Crippen molar-refractivity contribution in [2.24, 2.45) is 0 Å². The molecule has 1 nitrogen and oxygen atoms in total. The molecule has 0 saturated heterocycles. The van der Waals surface area contributed by atoms with Crippen LogP contribution in [0, 0.1) is 12.7 Å². The van der Waals surface area contributed by atoms with Crippen LogP contribution in [0.3, 0.4) is 0 Å². The van der Waals surface area contributed by atoms with Crippen LogP contribution in [0.5, 0.6) is 0 Å². The highest BCUT2D eigenvalue weighted by molar-refractivity contribution is 6.07. The zero-order valence-corrected chi connectivity index (χ0v) is 13.8. The number of nitrogens with zero attached hydrogens (tertiary/aromatic N) is 1. The van der Waals surface area contributed by atoms with Crippen molar-refractivity contribution in [3.05, 3.63) is 90.2 Å². The second-order valence-corrected chi connectivity index (χ2v) is 6.45. The van der Waals surface area contributed by atoms with Crippen molar-refractivity contribution in [3.63, 3.8) is 0 Å². The van der Waals surface area contributed by atoms with E-state index in [1.165, 1.54) is 16.8 Å². The van der Waals surface area contributed by atoms with Gasteiger partial charge in [-0.2, -0.15) is 0 Å². The SMILES string of the molecule is Cc1c2cc(F)ccc2n2c(-c3ccccc3)cc3ccccc3c12. The van der Waals surface area contributed by atoms with Crippen molar-refractivity contribution in [2.75, 3.05) is 0 Å². The number of aromatic nitrogens is 1. The highest BCUT2D eigenvalue weighted by Gasteiger charge is 2.16. The van der Waals surface area contributed by atoms with Crippen molar-refractivity contribution in [3.8, 4) is 11.3 Å². The fraction of sp³-hybridized carbons (Fsp3) is 0.0435. The molecule has 0 saturated carbocycles. The summed E-state index contributed by atoms with van der Waals surface area (Å²) in [5.41, 5.74) is 5.58. The summed E-state index contributed by atoms with van der Waals surface area (Å²) in [7, 11) is 0. The van der Waals surface area contributed by atoms with Crippen LogP contribution in [0.4, 0.5) is 4.39 Å². The maximum Gasteiger partial charge on any atom is 0.123 e. The monoisotopic (exact) mass is 325 g/mol. The molecule has 3 aromatic carbocycles. The van der Waals surface area contributed by atoms with Gasteiger partial charge in [-0.25, -0.2) is 4.39 Å². The van der Waals surface area contributed by atoms with Crippen LogP contribution in [0.1, 0.15) is 5.56 Å². The third-order valence-electron chi connectivity index (χ3n) is 5.00. The molecule has 120 valence electrons. The first kappa shape index (κ1) is 14.2. The van der Waals surface area contributed by atoms with Gasteiger partial charge in [0.05, 0.1) is 16.7 Å². The number of fused-ring (bicyclic) bond motifs is 5. The smallest absolute Gasteiger partial charge is 0.123 e. The molecule has 0 unspecified atom stereocenters. The van der Waals surface area contributed by atoms with Crippen molar-refractivity contribution >= 4 is 27.2 Å². The Balaban J connectivity index is 2.09. The quantitative estimate of drug-likeness (QED) is 0.338. The fourth-order valence-corrected chi connectivity index (χ4v) is 3.86. The summed E-state index contributed by atoms with van der Waals surface area (Å²) < 4.78 is 16.1. The molecule has 2 heteroatoms. The summed E-state index contributed by atoms with van der Waals surface area (Å²) in [4.78, 5) is 0. The summed E-state index contributed by atoms with van der Waals surface area (Å²) in [6, 6.07) is 26.0. The molecule has 0 fully saturated rings. The van der Waals surface area contributed by atoms with Gasteiger partial charge in [-0.3, -0.25) is 0 Å². The second kappa shape index (κ2) is 5.18. The Bertz CT molecular complexity index is 1250. The zero-order valence-electron chi connectivity index (χ0n) is 13.8. The van der Waals surface area contributed by atoms with Crippen molar-refractivity contribution < 1.29 is 4.39 Å². The first-order valence-electron chi connectivity index (χ1n) is 8.41. The lowest BCUT2D eigenvalue weighted by Gasteiger charge is -2.12. The number of rotatable bonds is 1. The van der Waals surface area contributed by atoms with E-state index in [0.29, 0.717) is 0 Å². The molecule has 0 atom stereocenters. The van der Waals surface area contributed by atoms with Gasteiger partial charge in [-0.05, 0) is 47.7 Å². The van der Waals surface area contributed by atoms with E-state index in [9.17, 15) is 4.39 Å². The Morgan fingerprint density at radius 2 is 1.52 bits per heavy atom. The van der Waals surface area contributed by atoms with E-state index in [1.54, 1.807) is 6.07 Å². The Kier molecular flexibility index (Phi) is 2.95. The Morgan fingerprint density at radius 1 is 0.760 bits per heavy atom. The highest BCUT2D eigenvalue weighted by Crippen LogP contribution is 2.36. The average Bonchev–Trinajstić information content (AvgIpc) is 2.95. The molecule has 0 radical (unpaired) electrons. The number of pyridine rings is 1. The zero-order chi connectivity index (χ0) is 17.0. The molecule has 5 aromatic rings. The van der Waals surface area contributed by atoms with Gasteiger partial charge in [-0.1, -0.05) is 54.6 Å². The number of hydrogen-bond acceptors (Lipinski definition) is 0. The van der Waals surface area contributed by atoms with Crippen LogP contribution in [-0.4, -0.2) is 4.40 Å². The normalized spacial score (nSPS) is 11.6. The van der Waals surface area contributed by atoms with Crippen LogP contribution in [0.2, 0.25) is 0 Å². The van der Waals surface area contributed by atoms with Crippen LogP contribution in [-0.2, 0) is 0 Å². The summed E-state index contributed by atoms with van der Waals surface area (Å²) >= 11 is 0. The number of hydrogen-bond donors (Lipinski definition) is 0. The van der Waals surface area contributed by atoms with Crippen molar-refractivity contribution in [2.45, 2.75) is 6.92 Å². The summed E-state index contributed by atoms with van der Waals surface area (Å²) in [6.45, 7) is 2.08. The van der Waals surface area contributed by atoms with E-state index in [-0.39, 0.29) is 5.82 Å². The standard InChI is InChI=1S/C23H16FN/c1-15-20-14-18(24)11-12-21(20)25-22(16-7-3-2-4-8-16)13-17-9-5-6-10-19(17)23(15)25/h2-14H,1H3. The molecular weight excluding hydrogens is 309 g/mol. The largest absolute Gasteiger partial charge is 0.308 e. The maximum absolute atomic E-state index is 13.9.